The monoisotopic (exact) mass is 263 g/mol. The first kappa shape index (κ1) is 13.3. The van der Waals surface area contributed by atoms with Crippen LogP contribution in [-0.4, -0.2) is 24.2 Å². The molecule has 0 radical (unpaired) electrons. The molecule has 0 aliphatic carbocycles. The second-order valence-electron chi connectivity index (χ2n) is 3.66. The van der Waals surface area contributed by atoms with Gasteiger partial charge in [0.25, 0.3) is 5.19 Å². The molecule has 0 N–H and O–H groups in total. The van der Waals surface area contributed by atoms with Crippen molar-refractivity contribution in [1.82, 2.24) is 4.98 Å². The molecule has 0 spiro atoms. The largest absolute Gasteiger partial charge is 0.467 e. The number of rotatable bonds is 4. The van der Waals surface area contributed by atoms with E-state index in [1.54, 1.807) is 0 Å². The van der Waals surface area contributed by atoms with Gasteiger partial charge >= 0.3 is 5.97 Å². The average Bonchev–Trinajstić information content (AvgIpc) is 2.58. The number of carbonyl (C=O) groups excluding carboxylic acids is 1. The van der Waals surface area contributed by atoms with Crippen molar-refractivity contribution >= 4 is 28.9 Å². The molecular weight excluding hydrogens is 250 g/mol. The number of ether oxygens (including phenoxy) is 2. The third kappa shape index (κ3) is 3.09. The molecule has 1 unspecified atom stereocenters. The van der Waals surface area contributed by atoms with E-state index in [1.165, 1.54) is 7.11 Å². The summed E-state index contributed by atoms with van der Waals surface area (Å²) in [6.07, 6.45) is 0.0210. The molecule has 0 aliphatic heterocycles. The standard InChI is InChI=1S/C10H14ClNO3S/c1-5(2)6(3)15-10-12-8(11)7(16-10)9(13)14-4/h5-6H,1-4H3. The van der Waals surface area contributed by atoms with Crippen LogP contribution in [0.4, 0.5) is 0 Å². The number of halogens is 1. The van der Waals surface area contributed by atoms with Crippen LogP contribution in [0.1, 0.15) is 30.4 Å². The molecule has 1 atom stereocenters. The maximum absolute atomic E-state index is 11.3. The molecule has 16 heavy (non-hydrogen) atoms. The first-order valence-electron chi connectivity index (χ1n) is 4.87. The van der Waals surface area contributed by atoms with E-state index in [9.17, 15) is 4.79 Å². The Morgan fingerprint density at radius 3 is 2.56 bits per heavy atom. The summed E-state index contributed by atoms with van der Waals surface area (Å²) in [5.41, 5.74) is 0. The summed E-state index contributed by atoms with van der Waals surface area (Å²) in [6, 6.07) is 0. The highest BCUT2D eigenvalue weighted by Crippen LogP contribution is 2.30. The van der Waals surface area contributed by atoms with Crippen molar-refractivity contribution in [3.05, 3.63) is 10.0 Å². The topological polar surface area (TPSA) is 48.4 Å². The molecule has 0 amide bonds. The molecule has 0 saturated heterocycles. The van der Waals surface area contributed by atoms with Crippen LogP contribution in [0, 0.1) is 5.92 Å². The lowest BCUT2D eigenvalue weighted by molar-refractivity contribution is 0.0606. The lowest BCUT2D eigenvalue weighted by Crippen LogP contribution is -2.18. The van der Waals surface area contributed by atoms with Crippen LogP contribution in [-0.2, 0) is 4.74 Å². The quantitative estimate of drug-likeness (QED) is 0.784. The van der Waals surface area contributed by atoms with Gasteiger partial charge in [0.2, 0.25) is 0 Å². The number of carbonyl (C=O) groups is 1. The van der Waals surface area contributed by atoms with E-state index in [0.29, 0.717) is 11.1 Å². The number of aromatic nitrogens is 1. The first-order valence-corrected chi connectivity index (χ1v) is 6.06. The lowest BCUT2D eigenvalue weighted by Gasteiger charge is -2.15. The number of hydrogen-bond acceptors (Lipinski definition) is 5. The Balaban J connectivity index is 2.81. The zero-order chi connectivity index (χ0) is 12.3. The molecule has 4 nitrogen and oxygen atoms in total. The highest BCUT2D eigenvalue weighted by atomic mass is 35.5. The second-order valence-corrected chi connectivity index (χ2v) is 4.98. The van der Waals surface area contributed by atoms with Crippen LogP contribution < -0.4 is 4.74 Å². The van der Waals surface area contributed by atoms with E-state index >= 15 is 0 Å². The number of methoxy groups -OCH3 is 1. The van der Waals surface area contributed by atoms with Crippen molar-refractivity contribution < 1.29 is 14.3 Å². The minimum atomic E-state index is -0.491. The molecule has 0 aromatic carbocycles. The van der Waals surface area contributed by atoms with Gasteiger partial charge in [0.1, 0.15) is 6.10 Å². The van der Waals surface area contributed by atoms with Crippen LogP contribution >= 0.6 is 22.9 Å². The van der Waals surface area contributed by atoms with Crippen LogP contribution in [0.5, 0.6) is 5.19 Å². The summed E-state index contributed by atoms with van der Waals surface area (Å²) >= 11 is 6.90. The van der Waals surface area contributed by atoms with Crippen LogP contribution in [0.15, 0.2) is 0 Å². The Bertz CT molecular complexity index is 378. The maximum atomic E-state index is 11.3. The van der Waals surface area contributed by atoms with E-state index in [1.807, 2.05) is 20.8 Å². The number of thiazole rings is 1. The second kappa shape index (κ2) is 5.50. The highest BCUT2D eigenvalue weighted by Gasteiger charge is 2.20. The van der Waals surface area contributed by atoms with Crippen LogP contribution in [0.2, 0.25) is 5.15 Å². The first-order chi connectivity index (χ1) is 7.45. The maximum Gasteiger partial charge on any atom is 0.351 e. The minimum absolute atomic E-state index is 0.0210. The fourth-order valence-electron chi connectivity index (χ4n) is 0.847. The summed E-state index contributed by atoms with van der Waals surface area (Å²) < 4.78 is 10.1. The average molecular weight is 264 g/mol. The smallest absolute Gasteiger partial charge is 0.351 e. The van der Waals surface area contributed by atoms with Gasteiger partial charge in [-0.1, -0.05) is 36.8 Å². The van der Waals surface area contributed by atoms with Gasteiger partial charge in [0.05, 0.1) is 7.11 Å². The molecule has 0 saturated carbocycles. The Hall–Kier alpha value is -0.810. The third-order valence-corrected chi connectivity index (χ3v) is 3.47. The Labute approximate surface area is 104 Å². The van der Waals surface area contributed by atoms with Gasteiger partial charge in [-0.25, -0.2) is 4.79 Å². The fourth-order valence-corrected chi connectivity index (χ4v) is 1.97. The summed E-state index contributed by atoms with van der Waals surface area (Å²) in [7, 11) is 1.30. The predicted molar refractivity (Wildman–Crippen MR) is 63.4 cm³/mol. The summed E-state index contributed by atoms with van der Waals surface area (Å²) in [5.74, 6) is -0.126. The van der Waals surface area contributed by atoms with Crippen molar-refractivity contribution in [2.24, 2.45) is 5.92 Å². The van der Waals surface area contributed by atoms with Crippen LogP contribution in [0.3, 0.4) is 0 Å². The Kier molecular flexibility index (Phi) is 4.56. The van der Waals surface area contributed by atoms with Crippen molar-refractivity contribution in [2.45, 2.75) is 26.9 Å². The predicted octanol–water partition coefficient (Wildman–Crippen LogP) is 3.01. The van der Waals surface area contributed by atoms with Crippen LogP contribution in [0.25, 0.3) is 0 Å². The molecule has 1 aromatic heterocycles. The lowest BCUT2D eigenvalue weighted by atomic mass is 10.1. The zero-order valence-corrected chi connectivity index (χ0v) is 11.2. The van der Waals surface area contributed by atoms with E-state index in [0.717, 1.165) is 11.3 Å². The molecule has 0 aliphatic rings. The van der Waals surface area contributed by atoms with Gasteiger partial charge in [-0.15, -0.1) is 0 Å². The Morgan fingerprint density at radius 2 is 2.06 bits per heavy atom. The molecule has 1 aromatic rings. The highest BCUT2D eigenvalue weighted by molar-refractivity contribution is 7.15. The van der Waals surface area contributed by atoms with Crippen molar-refractivity contribution in [3.63, 3.8) is 0 Å². The number of esters is 1. The van der Waals surface area contributed by atoms with E-state index < -0.39 is 5.97 Å². The summed E-state index contributed by atoms with van der Waals surface area (Å²) in [4.78, 5) is 15.5. The van der Waals surface area contributed by atoms with Crippen molar-refractivity contribution in [3.8, 4) is 5.19 Å². The van der Waals surface area contributed by atoms with Gasteiger partial charge in [0.15, 0.2) is 10.0 Å². The van der Waals surface area contributed by atoms with Crippen molar-refractivity contribution in [1.29, 1.82) is 0 Å². The Morgan fingerprint density at radius 1 is 1.44 bits per heavy atom. The molecular formula is C10H14ClNO3S. The number of hydrogen-bond donors (Lipinski definition) is 0. The normalized spacial score (nSPS) is 12.6. The van der Waals surface area contributed by atoms with E-state index in [-0.39, 0.29) is 16.1 Å². The molecule has 1 rings (SSSR count). The minimum Gasteiger partial charge on any atom is -0.467 e. The SMILES string of the molecule is COC(=O)c1sc(OC(C)C(C)C)nc1Cl. The van der Waals surface area contributed by atoms with E-state index in [4.69, 9.17) is 16.3 Å². The summed E-state index contributed by atoms with van der Waals surface area (Å²) in [6.45, 7) is 6.03. The molecule has 0 bridgehead atoms. The number of nitrogens with zero attached hydrogens (tertiary/aromatic N) is 1. The fraction of sp³-hybridized carbons (Fsp3) is 0.600. The van der Waals surface area contributed by atoms with Gasteiger partial charge in [0, 0.05) is 0 Å². The van der Waals surface area contributed by atoms with Gasteiger partial charge in [-0.2, -0.15) is 4.98 Å². The molecule has 90 valence electrons. The molecule has 0 fully saturated rings. The molecule has 6 heteroatoms. The van der Waals surface area contributed by atoms with Gasteiger partial charge in [-0.05, 0) is 12.8 Å². The van der Waals surface area contributed by atoms with Gasteiger partial charge in [-0.3, -0.25) is 0 Å². The van der Waals surface area contributed by atoms with E-state index in [2.05, 4.69) is 9.72 Å². The third-order valence-electron chi connectivity index (χ3n) is 2.16. The molecule has 1 heterocycles. The van der Waals surface area contributed by atoms with Gasteiger partial charge < -0.3 is 9.47 Å². The zero-order valence-electron chi connectivity index (χ0n) is 9.61. The summed E-state index contributed by atoms with van der Waals surface area (Å²) in [5, 5.41) is 0.523. The van der Waals surface area contributed by atoms with Crippen molar-refractivity contribution in [2.75, 3.05) is 7.11 Å².